The number of hydrogen-bond donors (Lipinski definition) is 4. The van der Waals surface area contributed by atoms with Crippen LogP contribution in [-0.2, 0) is 4.79 Å². The summed E-state index contributed by atoms with van der Waals surface area (Å²) in [7, 11) is 0. The molecule has 1 rings (SSSR count). The highest BCUT2D eigenvalue weighted by Gasteiger charge is 2.40. The number of aromatic hydroxyl groups is 1. The number of nitrogens with one attached hydrogen (secondary N) is 1. The number of aliphatic carboxylic acids is 1. The molecule has 1 aromatic rings. The van der Waals surface area contributed by atoms with Crippen molar-refractivity contribution in [3.8, 4) is 5.75 Å². The standard InChI is InChI=1S/C12H18N2O3/c1-3-10(12(2,14-13)11(16)17)8-5-4-6-9(15)7-8/h4-7,10,14-15H,3,13H2,1-2H3,(H,16,17). The van der Waals surface area contributed by atoms with Gasteiger partial charge in [0.2, 0.25) is 0 Å². The average Bonchev–Trinajstić information content (AvgIpc) is 2.29. The molecule has 5 N–H and O–H groups in total. The monoisotopic (exact) mass is 238 g/mol. The van der Waals surface area contributed by atoms with Crippen LogP contribution in [0.2, 0.25) is 0 Å². The molecule has 0 radical (unpaired) electrons. The second-order valence-corrected chi connectivity index (χ2v) is 4.21. The highest BCUT2D eigenvalue weighted by atomic mass is 16.4. The Balaban J connectivity index is 3.18. The molecular formula is C12H18N2O3. The molecule has 2 atom stereocenters. The molecule has 0 spiro atoms. The molecule has 5 nitrogen and oxygen atoms in total. The lowest BCUT2D eigenvalue weighted by atomic mass is 9.79. The molecule has 0 aliphatic carbocycles. The van der Waals surface area contributed by atoms with Gasteiger partial charge in [-0.25, -0.2) is 5.43 Å². The summed E-state index contributed by atoms with van der Waals surface area (Å²) in [5.74, 6) is 4.14. The summed E-state index contributed by atoms with van der Waals surface area (Å²) in [6, 6.07) is 6.58. The molecule has 0 amide bonds. The van der Waals surface area contributed by atoms with Crippen LogP contribution < -0.4 is 11.3 Å². The van der Waals surface area contributed by atoms with Crippen molar-refractivity contribution < 1.29 is 15.0 Å². The fraction of sp³-hybridized carbons (Fsp3) is 0.417. The lowest BCUT2D eigenvalue weighted by Crippen LogP contribution is -2.57. The van der Waals surface area contributed by atoms with Crippen molar-refractivity contribution in [1.82, 2.24) is 5.43 Å². The first kappa shape index (κ1) is 13.5. The van der Waals surface area contributed by atoms with Crippen LogP contribution in [0, 0.1) is 0 Å². The second kappa shape index (κ2) is 5.16. The fourth-order valence-electron chi connectivity index (χ4n) is 2.03. The Labute approximate surface area is 100 Å². The molecule has 1 aromatic carbocycles. The van der Waals surface area contributed by atoms with Gasteiger partial charge in [-0.15, -0.1) is 0 Å². The molecule has 0 aliphatic rings. The Hall–Kier alpha value is -1.59. The van der Waals surface area contributed by atoms with Crippen molar-refractivity contribution >= 4 is 5.97 Å². The van der Waals surface area contributed by atoms with Gasteiger partial charge >= 0.3 is 5.97 Å². The third-order valence-corrected chi connectivity index (χ3v) is 3.12. The summed E-state index contributed by atoms with van der Waals surface area (Å²) < 4.78 is 0. The summed E-state index contributed by atoms with van der Waals surface area (Å²) >= 11 is 0. The van der Waals surface area contributed by atoms with Crippen molar-refractivity contribution in [2.24, 2.45) is 5.84 Å². The SMILES string of the molecule is CCC(c1cccc(O)c1)C(C)(NN)C(=O)O. The molecule has 0 fully saturated rings. The van der Waals surface area contributed by atoms with E-state index >= 15 is 0 Å². The van der Waals surface area contributed by atoms with Crippen LogP contribution in [0.3, 0.4) is 0 Å². The Morgan fingerprint density at radius 1 is 1.59 bits per heavy atom. The lowest BCUT2D eigenvalue weighted by Gasteiger charge is -2.33. The van der Waals surface area contributed by atoms with Crippen LogP contribution in [0.25, 0.3) is 0 Å². The maximum Gasteiger partial charge on any atom is 0.325 e. The number of nitrogens with two attached hydrogens (primary N) is 1. The highest BCUT2D eigenvalue weighted by Crippen LogP contribution is 2.32. The van der Waals surface area contributed by atoms with Crippen LogP contribution in [0.4, 0.5) is 0 Å². The average molecular weight is 238 g/mol. The molecule has 0 saturated carbocycles. The third-order valence-electron chi connectivity index (χ3n) is 3.12. The van der Waals surface area contributed by atoms with Crippen molar-refractivity contribution in [1.29, 1.82) is 0 Å². The Morgan fingerprint density at radius 3 is 2.65 bits per heavy atom. The van der Waals surface area contributed by atoms with Gasteiger partial charge in [0.1, 0.15) is 11.3 Å². The van der Waals surface area contributed by atoms with E-state index in [4.69, 9.17) is 5.84 Å². The van der Waals surface area contributed by atoms with Crippen molar-refractivity contribution in [3.05, 3.63) is 29.8 Å². The number of carboxylic acids is 1. The zero-order valence-corrected chi connectivity index (χ0v) is 9.97. The molecule has 5 heteroatoms. The van der Waals surface area contributed by atoms with Gasteiger partial charge in [-0.05, 0) is 31.0 Å². The van der Waals surface area contributed by atoms with Gasteiger partial charge in [0.05, 0.1) is 0 Å². The summed E-state index contributed by atoms with van der Waals surface area (Å²) in [6.07, 6.45) is 0.594. The smallest absolute Gasteiger partial charge is 0.325 e. The minimum Gasteiger partial charge on any atom is -0.508 e. The number of hydrogen-bond acceptors (Lipinski definition) is 4. The number of carbonyl (C=O) groups is 1. The minimum absolute atomic E-state index is 0.116. The molecule has 0 aliphatic heterocycles. The number of carboxylic acid groups (broad SMARTS) is 1. The number of benzene rings is 1. The Morgan fingerprint density at radius 2 is 2.24 bits per heavy atom. The maximum absolute atomic E-state index is 11.3. The number of phenolic OH excluding ortho intramolecular Hbond substituents is 1. The predicted octanol–water partition coefficient (Wildman–Crippen LogP) is 1.19. The quantitative estimate of drug-likeness (QED) is 0.456. The van der Waals surface area contributed by atoms with Crippen LogP contribution in [0.5, 0.6) is 5.75 Å². The predicted molar refractivity (Wildman–Crippen MR) is 64.5 cm³/mol. The molecule has 0 bridgehead atoms. The van der Waals surface area contributed by atoms with E-state index in [-0.39, 0.29) is 11.7 Å². The maximum atomic E-state index is 11.3. The zero-order valence-electron chi connectivity index (χ0n) is 9.97. The van der Waals surface area contributed by atoms with E-state index in [0.29, 0.717) is 6.42 Å². The van der Waals surface area contributed by atoms with Gasteiger partial charge in [0.15, 0.2) is 0 Å². The lowest BCUT2D eigenvalue weighted by molar-refractivity contribution is -0.145. The summed E-state index contributed by atoms with van der Waals surface area (Å²) in [5, 5.41) is 18.7. The van der Waals surface area contributed by atoms with Gasteiger partial charge in [0, 0.05) is 5.92 Å². The number of rotatable bonds is 5. The number of phenols is 1. The van der Waals surface area contributed by atoms with Crippen LogP contribution in [0.1, 0.15) is 31.7 Å². The highest BCUT2D eigenvalue weighted by molar-refractivity contribution is 5.79. The third kappa shape index (κ3) is 2.57. The van der Waals surface area contributed by atoms with Gasteiger partial charge in [-0.2, -0.15) is 0 Å². The van der Waals surface area contributed by atoms with E-state index in [0.717, 1.165) is 5.56 Å². The summed E-state index contributed by atoms with van der Waals surface area (Å²) in [4.78, 5) is 11.3. The molecule has 0 saturated heterocycles. The molecule has 0 heterocycles. The summed E-state index contributed by atoms with van der Waals surface area (Å²) in [6.45, 7) is 3.42. The molecule has 0 aromatic heterocycles. The zero-order chi connectivity index (χ0) is 13.1. The topological polar surface area (TPSA) is 95.6 Å². The number of hydrazine groups is 1. The summed E-state index contributed by atoms with van der Waals surface area (Å²) in [5.41, 5.74) is 1.85. The van der Waals surface area contributed by atoms with Crippen LogP contribution in [-0.4, -0.2) is 21.7 Å². The van der Waals surface area contributed by atoms with Crippen LogP contribution >= 0.6 is 0 Å². The van der Waals surface area contributed by atoms with Crippen molar-refractivity contribution in [2.75, 3.05) is 0 Å². The van der Waals surface area contributed by atoms with E-state index in [2.05, 4.69) is 5.43 Å². The first-order valence-corrected chi connectivity index (χ1v) is 5.45. The Bertz CT molecular complexity index is 408. The first-order chi connectivity index (χ1) is 7.95. The van der Waals surface area contributed by atoms with E-state index in [1.165, 1.54) is 6.92 Å². The fourth-order valence-corrected chi connectivity index (χ4v) is 2.03. The van der Waals surface area contributed by atoms with Gasteiger partial charge in [-0.1, -0.05) is 19.1 Å². The minimum atomic E-state index is -1.26. The Kier molecular flexibility index (Phi) is 4.09. The van der Waals surface area contributed by atoms with E-state index in [9.17, 15) is 15.0 Å². The van der Waals surface area contributed by atoms with E-state index in [1.54, 1.807) is 24.3 Å². The van der Waals surface area contributed by atoms with Crippen molar-refractivity contribution in [2.45, 2.75) is 31.7 Å². The molecule has 2 unspecified atom stereocenters. The largest absolute Gasteiger partial charge is 0.508 e. The second-order valence-electron chi connectivity index (χ2n) is 4.21. The first-order valence-electron chi connectivity index (χ1n) is 5.45. The normalized spacial score (nSPS) is 16.2. The van der Waals surface area contributed by atoms with Crippen molar-refractivity contribution in [3.63, 3.8) is 0 Å². The van der Waals surface area contributed by atoms with E-state index in [1.807, 2.05) is 6.92 Å². The van der Waals surface area contributed by atoms with Gasteiger partial charge in [0.25, 0.3) is 0 Å². The van der Waals surface area contributed by atoms with E-state index < -0.39 is 11.5 Å². The van der Waals surface area contributed by atoms with Gasteiger partial charge < -0.3 is 10.2 Å². The molecular weight excluding hydrogens is 220 g/mol. The molecule has 94 valence electrons. The molecule has 17 heavy (non-hydrogen) atoms. The van der Waals surface area contributed by atoms with Crippen LogP contribution in [0.15, 0.2) is 24.3 Å². The van der Waals surface area contributed by atoms with Gasteiger partial charge in [-0.3, -0.25) is 10.6 Å².